The lowest BCUT2D eigenvalue weighted by molar-refractivity contribution is 0.587. The molecule has 1 aliphatic rings. The van der Waals surface area contributed by atoms with Crippen molar-refractivity contribution in [3.63, 3.8) is 0 Å². The van der Waals surface area contributed by atoms with Crippen molar-refractivity contribution < 1.29 is 0 Å². The Morgan fingerprint density at radius 1 is 1.38 bits per heavy atom. The topological polar surface area (TPSA) is 24.9 Å². The van der Waals surface area contributed by atoms with Crippen LogP contribution in [0.3, 0.4) is 0 Å². The summed E-state index contributed by atoms with van der Waals surface area (Å²) in [6.45, 7) is 6.64. The molecule has 0 radical (unpaired) electrons. The molecule has 1 aliphatic heterocycles. The summed E-state index contributed by atoms with van der Waals surface area (Å²) in [5, 5.41) is 3.49. The largest absolute Gasteiger partial charge is 0.366 e. The molecule has 88 valence electrons. The Bertz CT molecular complexity index is 334. The zero-order valence-electron chi connectivity index (χ0n) is 10.3. The molecule has 2 heterocycles. The van der Waals surface area contributed by atoms with Crippen LogP contribution in [-0.4, -0.2) is 22.5 Å². The Hall–Kier alpha value is -0.700. The highest BCUT2D eigenvalue weighted by atomic mass is 32.2. The summed E-state index contributed by atoms with van der Waals surface area (Å²) in [5.74, 6) is 3.50. The zero-order chi connectivity index (χ0) is 11.6. The van der Waals surface area contributed by atoms with Gasteiger partial charge in [0.1, 0.15) is 5.82 Å². The molecule has 3 heteroatoms. The van der Waals surface area contributed by atoms with Gasteiger partial charge in [0.25, 0.3) is 0 Å². The lowest BCUT2D eigenvalue weighted by atomic mass is 9.88. The average Bonchev–Trinajstić information content (AvgIpc) is 2.70. The molecule has 1 aromatic heterocycles. The molecular formula is C13H20N2S. The highest BCUT2D eigenvalue weighted by Gasteiger charge is 2.16. The van der Waals surface area contributed by atoms with E-state index in [4.69, 9.17) is 0 Å². The second kappa shape index (κ2) is 4.66. The molecule has 2 rings (SSSR count). The molecule has 1 unspecified atom stereocenters. The van der Waals surface area contributed by atoms with E-state index >= 15 is 0 Å². The van der Waals surface area contributed by atoms with Gasteiger partial charge < -0.3 is 5.32 Å². The fourth-order valence-electron chi connectivity index (χ4n) is 1.78. The predicted octanol–water partition coefficient (Wildman–Crippen LogP) is 3.30. The molecular weight excluding hydrogens is 216 g/mol. The summed E-state index contributed by atoms with van der Waals surface area (Å²) < 4.78 is 0. The number of hydrogen-bond acceptors (Lipinski definition) is 3. The van der Waals surface area contributed by atoms with E-state index < -0.39 is 0 Å². The van der Waals surface area contributed by atoms with Crippen LogP contribution in [-0.2, 0) is 5.41 Å². The summed E-state index contributed by atoms with van der Waals surface area (Å²) in [5.41, 5.74) is 1.48. The Kier molecular flexibility index (Phi) is 3.43. The van der Waals surface area contributed by atoms with Crippen LogP contribution in [0.4, 0.5) is 5.82 Å². The second-order valence-electron chi connectivity index (χ2n) is 5.39. The van der Waals surface area contributed by atoms with Crippen molar-refractivity contribution >= 4 is 17.6 Å². The van der Waals surface area contributed by atoms with Gasteiger partial charge in [-0.3, -0.25) is 0 Å². The maximum absolute atomic E-state index is 4.49. The molecule has 0 amide bonds. The first-order valence-electron chi connectivity index (χ1n) is 5.86. The fourth-order valence-corrected chi connectivity index (χ4v) is 2.93. The number of anilines is 1. The third kappa shape index (κ3) is 2.91. The highest BCUT2D eigenvalue weighted by Crippen LogP contribution is 2.24. The highest BCUT2D eigenvalue weighted by molar-refractivity contribution is 7.99. The number of nitrogens with zero attached hydrogens (tertiary/aromatic N) is 1. The molecule has 1 saturated heterocycles. The van der Waals surface area contributed by atoms with Crippen molar-refractivity contribution in [2.75, 3.05) is 16.8 Å². The molecule has 1 N–H and O–H groups in total. The molecule has 1 aromatic rings. The summed E-state index contributed by atoms with van der Waals surface area (Å²) >= 11 is 2.02. The second-order valence-corrected chi connectivity index (χ2v) is 6.54. The van der Waals surface area contributed by atoms with Crippen molar-refractivity contribution in [2.24, 2.45) is 0 Å². The Labute approximate surface area is 102 Å². The van der Waals surface area contributed by atoms with Crippen LogP contribution >= 0.6 is 11.8 Å². The van der Waals surface area contributed by atoms with Crippen LogP contribution in [0, 0.1) is 0 Å². The van der Waals surface area contributed by atoms with E-state index in [9.17, 15) is 0 Å². The zero-order valence-corrected chi connectivity index (χ0v) is 11.1. The summed E-state index contributed by atoms with van der Waals surface area (Å²) in [6, 6.07) is 4.89. The molecule has 0 aliphatic carbocycles. The lowest BCUT2D eigenvalue weighted by Gasteiger charge is -2.19. The van der Waals surface area contributed by atoms with E-state index in [-0.39, 0.29) is 5.41 Å². The molecule has 2 nitrogen and oxygen atoms in total. The summed E-state index contributed by atoms with van der Waals surface area (Å²) in [7, 11) is 0. The molecule has 16 heavy (non-hydrogen) atoms. The molecule has 0 bridgehead atoms. The quantitative estimate of drug-likeness (QED) is 0.853. The van der Waals surface area contributed by atoms with Gasteiger partial charge in [-0.15, -0.1) is 0 Å². The third-order valence-electron chi connectivity index (χ3n) is 2.91. The predicted molar refractivity (Wildman–Crippen MR) is 72.3 cm³/mol. The van der Waals surface area contributed by atoms with Crippen LogP contribution in [0.2, 0.25) is 0 Å². The van der Waals surface area contributed by atoms with Crippen molar-refractivity contribution in [2.45, 2.75) is 38.6 Å². The van der Waals surface area contributed by atoms with Gasteiger partial charge in [-0.25, -0.2) is 4.98 Å². The Morgan fingerprint density at radius 2 is 2.19 bits per heavy atom. The van der Waals surface area contributed by atoms with Crippen molar-refractivity contribution in [1.29, 1.82) is 0 Å². The number of thioether (sulfide) groups is 1. The molecule has 0 aromatic carbocycles. The lowest BCUT2D eigenvalue weighted by Crippen LogP contribution is -2.19. The Morgan fingerprint density at radius 3 is 2.69 bits per heavy atom. The first-order valence-corrected chi connectivity index (χ1v) is 7.02. The number of rotatable bonds is 2. The third-order valence-corrected chi connectivity index (χ3v) is 4.07. The maximum atomic E-state index is 4.49. The van der Waals surface area contributed by atoms with Crippen molar-refractivity contribution in [3.8, 4) is 0 Å². The van der Waals surface area contributed by atoms with E-state index in [1.165, 1.54) is 23.5 Å². The molecule has 1 atom stereocenters. The fraction of sp³-hybridized carbons (Fsp3) is 0.615. The summed E-state index contributed by atoms with van der Waals surface area (Å²) in [6.07, 6.45) is 3.25. The van der Waals surface area contributed by atoms with Gasteiger partial charge >= 0.3 is 0 Å². The minimum absolute atomic E-state index is 0.189. The standard InChI is InChI=1S/C13H20N2S/c1-13(2,3)10-4-5-12(14-8-10)15-11-6-7-16-9-11/h4-5,8,11H,6-7,9H2,1-3H3,(H,14,15). The van der Waals surface area contributed by atoms with E-state index in [0.29, 0.717) is 6.04 Å². The first-order chi connectivity index (χ1) is 7.55. The van der Waals surface area contributed by atoms with E-state index in [1.54, 1.807) is 0 Å². The van der Waals surface area contributed by atoms with E-state index in [1.807, 2.05) is 18.0 Å². The van der Waals surface area contributed by atoms with Gasteiger partial charge in [-0.05, 0) is 29.2 Å². The normalized spacial score (nSPS) is 21.1. The number of pyridine rings is 1. The van der Waals surface area contributed by atoms with Crippen molar-refractivity contribution in [1.82, 2.24) is 4.98 Å². The number of nitrogens with one attached hydrogen (secondary N) is 1. The molecule has 1 fully saturated rings. The Balaban J connectivity index is 2.01. The number of hydrogen-bond donors (Lipinski definition) is 1. The molecule has 0 spiro atoms. The van der Waals surface area contributed by atoms with Gasteiger partial charge in [0.15, 0.2) is 0 Å². The van der Waals surface area contributed by atoms with Crippen molar-refractivity contribution in [3.05, 3.63) is 23.9 Å². The van der Waals surface area contributed by atoms with Crippen LogP contribution < -0.4 is 5.32 Å². The van der Waals surface area contributed by atoms with Gasteiger partial charge in [0.05, 0.1) is 0 Å². The average molecular weight is 236 g/mol. The van der Waals surface area contributed by atoms with Gasteiger partial charge in [0.2, 0.25) is 0 Å². The van der Waals surface area contributed by atoms with Gasteiger partial charge in [-0.2, -0.15) is 11.8 Å². The number of aromatic nitrogens is 1. The minimum atomic E-state index is 0.189. The van der Waals surface area contributed by atoms with Crippen LogP contribution in [0.25, 0.3) is 0 Å². The van der Waals surface area contributed by atoms with E-state index in [2.05, 4.69) is 43.2 Å². The van der Waals surface area contributed by atoms with E-state index in [0.717, 1.165) is 5.82 Å². The van der Waals surface area contributed by atoms with Gasteiger partial charge in [-0.1, -0.05) is 26.8 Å². The first kappa shape index (κ1) is 11.8. The van der Waals surface area contributed by atoms with Gasteiger partial charge in [0, 0.05) is 18.0 Å². The summed E-state index contributed by atoms with van der Waals surface area (Å²) in [4.78, 5) is 4.49. The van der Waals surface area contributed by atoms with Crippen LogP contribution in [0.5, 0.6) is 0 Å². The monoisotopic (exact) mass is 236 g/mol. The maximum Gasteiger partial charge on any atom is 0.126 e. The molecule has 0 saturated carbocycles. The SMILES string of the molecule is CC(C)(C)c1ccc(NC2CCSC2)nc1. The smallest absolute Gasteiger partial charge is 0.126 e. The van der Waals surface area contributed by atoms with Crippen LogP contribution in [0.15, 0.2) is 18.3 Å². The minimum Gasteiger partial charge on any atom is -0.366 e. The van der Waals surface area contributed by atoms with Crippen LogP contribution in [0.1, 0.15) is 32.8 Å².